The standard InChI is InChI=1S/C20H24N4O.C10H10N4O.C3H6.C2H6/c25-20-3-1-2-17-5-4-16(14-19(17)22-20)15-23-10-12-24(13-11-23)18-6-8-21-9-7-18;11-9(15)10-12-8(13-14-10)6-7-4-2-1-3-5-7;1-3-2;1-2/h4-9,14H,1-3,10-13,15H2,(H,22,25);1-5H,6H2,(H2,11,15)(H,12,13,14);3H,1H2,2H3;1-2H3. The summed E-state index contributed by atoms with van der Waals surface area (Å²) in [4.78, 5) is 35.5. The summed E-state index contributed by atoms with van der Waals surface area (Å²) in [6.07, 6.45) is 8.62. The zero-order valence-corrected chi connectivity index (χ0v) is 26.7. The first kappa shape index (κ1) is 34.7. The lowest BCUT2D eigenvalue weighted by Gasteiger charge is -2.36. The summed E-state index contributed by atoms with van der Waals surface area (Å²) >= 11 is 0. The molecule has 10 nitrogen and oxygen atoms in total. The van der Waals surface area contributed by atoms with Gasteiger partial charge in [0.2, 0.25) is 11.7 Å². The number of carbonyl (C=O) groups excluding carboxylic acids is 2. The second kappa shape index (κ2) is 18.7. The van der Waals surface area contributed by atoms with E-state index in [0.29, 0.717) is 18.7 Å². The first-order chi connectivity index (χ1) is 21.9. The number of carbonyl (C=O) groups is 2. The summed E-state index contributed by atoms with van der Waals surface area (Å²) in [5.74, 6) is 0.184. The molecule has 6 rings (SSSR count). The average molecular weight is 611 g/mol. The highest BCUT2D eigenvalue weighted by Gasteiger charge is 2.18. The lowest BCUT2D eigenvalue weighted by Crippen LogP contribution is -2.45. The third-order valence-electron chi connectivity index (χ3n) is 7.07. The van der Waals surface area contributed by atoms with E-state index in [4.69, 9.17) is 5.73 Å². The Morgan fingerprint density at radius 1 is 0.978 bits per heavy atom. The molecule has 0 aliphatic carbocycles. The van der Waals surface area contributed by atoms with Crippen LogP contribution in [0, 0.1) is 0 Å². The van der Waals surface area contributed by atoms with Gasteiger partial charge in [0.05, 0.1) is 0 Å². The fourth-order valence-electron chi connectivity index (χ4n) is 4.96. The summed E-state index contributed by atoms with van der Waals surface area (Å²) in [7, 11) is 0. The minimum Gasteiger partial charge on any atom is -0.369 e. The molecule has 10 heteroatoms. The number of fused-ring (bicyclic) bond motifs is 1. The van der Waals surface area contributed by atoms with Crippen LogP contribution in [0.15, 0.2) is 85.7 Å². The lowest BCUT2D eigenvalue weighted by molar-refractivity contribution is -0.116. The molecular formula is C35H46N8O2. The first-order valence-electron chi connectivity index (χ1n) is 15.6. The largest absolute Gasteiger partial charge is 0.369 e. The number of amides is 2. The molecule has 4 aromatic rings. The van der Waals surface area contributed by atoms with E-state index in [1.165, 1.54) is 16.8 Å². The number of hydrogen-bond donors (Lipinski definition) is 3. The highest BCUT2D eigenvalue weighted by atomic mass is 16.2. The van der Waals surface area contributed by atoms with Crippen LogP contribution >= 0.6 is 0 Å². The van der Waals surface area contributed by atoms with Crippen LogP contribution < -0.4 is 16.0 Å². The number of piperazine rings is 1. The molecule has 2 aliphatic heterocycles. The number of allylic oxidation sites excluding steroid dienone is 1. The number of benzene rings is 2. The zero-order chi connectivity index (χ0) is 32.4. The smallest absolute Gasteiger partial charge is 0.288 e. The maximum absolute atomic E-state index is 11.8. The molecule has 2 aliphatic rings. The fourth-order valence-corrected chi connectivity index (χ4v) is 4.96. The second-order valence-corrected chi connectivity index (χ2v) is 10.4. The second-order valence-electron chi connectivity index (χ2n) is 10.4. The predicted molar refractivity (Wildman–Crippen MR) is 181 cm³/mol. The van der Waals surface area contributed by atoms with E-state index < -0.39 is 5.91 Å². The van der Waals surface area contributed by atoms with Gasteiger partial charge in [0.15, 0.2) is 0 Å². The van der Waals surface area contributed by atoms with Crippen LogP contribution in [-0.4, -0.2) is 63.1 Å². The number of aromatic amines is 1. The zero-order valence-electron chi connectivity index (χ0n) is 26.7. The molecule has 0 atom stereocenters. The number of aromatic nitrogens is 4. The van der Waals surface area contributed by atoms with Crippen molar-refractivity contribution in [1.82, 2.24) is 25.1 Å². The van der Waals surface area contributed by atoms with Gasteiger partial charge in [0.25, 0.3) is 5.91 Å². The minimum absolute atomic E-state index is 0.0286. The molecule has 0 spiro atoms. The maximum atomic E-state index is 11.8. The van der Waals surface area contributed by atoms with Crippen LogP contribution in [0.2, 0.25) is 0 Å². The van der Waals surface area contributed by atoms with E-state index in [9.17, 15) is 9.59 Å². The number of nitrogens with zero attached hydrogens (tertiary/aromatic N) is 5. The van der Waals surface area contributed by atoms with Gasteiger partial charge in [-0.1, -0.05) is 62.4 Å². The predicted octanol–water partition coefficient (Wildman–Crippen LogP) is 5.39. The van der Waals surface area contributed by atoms with Gasteiger partial charge in [0, 0.05) is 69.3 Å². The number of nitrogens with one attached hydrogen (secondary N) is 2. The average Bonchev–Trinajstić information content (AvgIpc) is 3.46. The third kappa shape index (κ3) is 11.3. The van der Waals surface area contributed by atoms with Crippen molar-refractivity contribution in [2.45, 2.75) is 53.0 Å². The fraction of sp³-hybridized carbons (Fsp3) is 0.343. The van der Waals surface area contributed by atoms with Crippen molar-refractivity contribution in [2.75, 3.05) is 36.4 Å². The number of anilines is 2. The van der Waals surface area contributed by atoms with Crippen molar-refractivity contribution < 1.29 is 9.59 Å². The first-order valence-corrected chi connectivity index (χ1v) is 15.6. The van der Waals surface area contributed by atoms with E-state index in [-0.39, 0.29) is 11.7 Å². The van der Waals surface area contributed by atoms with Crippen LogP contribution in [0.1, 0.15) is 66.7 Å². The summed E-state index contributed by atoms with van der Waals surface area (Å²) in [5, 5.41) is 9.43. The van der Waals surface area contributed by atoms with Gasteiger partial charge >= 0.3 is 0 Å². The van der Waals surface area contributed by atoms with Gasteiger partial charge in [-0.25, -0.2) is 4.98 Å². The Kier molecular flexibility index (Phi) is 14.4. The van der Waals surface area contributed by atoms with Gasteiger partial charge in [-0.05, 0) is 54.7 Å². The molecule has 0 bridgehead atoms. The Balaban J connectivity index is 0.000000235. The molecule has 1 saturated heterocycles. The maximum Gasteiger partial charge on any atom is 0.288 e. The molecule has 2 amide bonds. The van der Waals surface area contributed by atoms with Crippen LogP contribution in [0.3, 0.4) is 0 Å². The molecule has 2 aromatic heterocycles. The lowest BCUT2D eigenvalue weighted by atomic mass is 10.0. The third-order valence-corrected chi connectivity index (χ3v) is 7.07. The summed E-state index contributed by atoms with van der Waals surface area (Å²) < 4.78 is 0. The van der Waals surface area contributed by atoms with Crippen LogP contribution in [0.4, 0.5) is 11.4 Å². The van der Waals surface area contributed by atoms with Crippen molar-refractivity contribution >= 4 is 23.2 Å². The van der Waals surface area contributed by atoms with Crippen molar-refractivity contribution in [3.05, 3.63) is 114 Å². The normalized spacial score (nSPS) is 14.0. The molecule has 1 fully saturated rings. The van der Waals surface area contributed by atoms with E-state index in [1.54, 1.807) is 6.08 Å². The summed E-state index contributed by atoms with van der Waals surface area (Å²) in [6, 6.07) is 20.5. The molecule has 238 valence electrons. The van der Waals surface area contributed by atoms with Gasteiger partial charge in [-0.2, -0.15) is 0 Å². The monoisotopic (exact) mass is 610 g/mol. The number of nitrogens with two attached hydrogens (primary N) is 1. The van der Waals surface area contributed by atoms with Crippen molar-refractivity contribution in [2.24, 2.45) is 5.73 Å². The molecule has 45 heavy (non-hydrogen) atoms. The SMILES string of the molecule is C=CC.CC.NC(=O)c1n[nH]c(Cc2ccccc2)n1.O=C1CCCc2ccc(CN3CCN(c4ccncc4)CC3)cc2N1. The Morgan fingerprint density at radius 2 is 1.67 bits per heavy atom. The number of H-pyrrole nitrogens is 1. The van der Waals surface area contributed by atoms with Crippen LogP contribution in [-0.2, 0) is 24.2 Å². The molecule has 0 radical (unpaired) electrons. The molecule has 4 heterocycles. The molecular weight excluding hydrogens is 564 g/mol. The number of hydrogen-bond acceptors (Lipinski definition) is 7. The molecule has 0 saturated carbocycles. The summed E-state index contributed by atoms with van der Waals surface area (Å²) in [5.41, 5.74) is 10.9. The molecule has 2 aromatic carbocycles. The Morgan fingerprint density at radius 3 is 2.31 bits per heavy atom. The van der Waals surface area contributed by atoms with Gasteiger partial charge in [-0.15, -0.1) is 11.7 Å². The van der Waals surface area contributed by atoms with Crippen LogP contribution in [0.5, 0.6) is 0 Å². The van der Waals surface area contributed by atoms with Gasteiger partial charge in [0.1, 0.15) is 5.82 Å². The van der Waals surface area contributed by atoms with Crippen molar-refractivity contribution in [1.29, 1.82) is 0 Å². The number of rotatable bonds is 6. The highest BCUT2D eigenvalue weighted by molar-refractivity contribution is 5.92. The molecule has 4 N–H and O–H groups in total. The number of pyridine rings is 1. The van der Waals surface area contributed by atoms with E-state index in [1.807, 2.05) is 63.5 Å². The topological polar surface area (TPSA) is 133 Å². The Bertz CT molecular complexity index is 1470. The van der Waals surface area contributed by atoms with Gasteiger partial charge in [-0.3, -0.25) is 24.6 Å². The number of primary amides is 1. The quantitative estimate of drug-likeness (QED) is 0.249. The molecule has 0 unspecified atom stereocenters. The van der Waals surface area contributed by atoms with Crippen LogP contribution in [0.25, 0.3) is 0 Å². The highest BCUT2D eigenvalue weighted by Crippen LogP contribution is 2.24. The van der Waals surface area contributed by atoms with Gasteiger partial charge < -0.3 is 16.0 Å². The number of aryl methyl sites for hydroxylation is 1. The summed E-state index contributed by atoms with van der Waals surface area (Å²) in [6.45, 7) is 14.3. The minimum atomic E-state index is -0.620. The van der Waals surface area contributed by atoms with E-state index in [0.717, 1.165) is 56.8 Å². The Labute approximate surface area is 266 Å². The van der Waals surface area contributed by atoms with Crippen molar-refractivity contribution in [3.8, 4) is 0 Å². The Hall–Kier alpha value is -4.83. The van der Waals surface area contributed by atoms with Crippen molar-refractivity contribution in [3.63, 3.8) is 0 Å². The van der Waals surface area contributed by atoms with E-state index in [2.05, 4.69) is 72.2 Å². The van der Waals surface area contributed by atoms with E-state index >= 15 is 0 Å².